The van der Waals surface area contributed by atoms with Crippen LogP contribution in [-0.2, 0) is 11.4 Å². The van der Waals surface area contributed by atoms with Gasteiger partial charge in [-0.25, -0.2) is 9.38 Å². The molecule has 156 valence electrons. The normalized spacial score (nSPS) is 16.0. The zero-order valence-electron chi connectivity index (χ0n) is 16.6. The van der Waals surface area contributed by atoms with Gasteiger partial charge in [0.1, 0.15) is 18.2 Å². The standard InChI is InChI=1S/C24H18ClFN2O2S/c1-15-2-7-18(25)13-21(15)27-24-28-23(29)22(31-24)12-16-5-10-20(11-6-16)30-14-17-3-8-19(26)9-4-17/h2-13H,14H2,1H3,(H,27,28,29)/b22-12-. The van der Waals surface area contributed by atoms with Crippen LogP contribution in [0, 0.1) is 12.7 Å². The molecule has 3 aromatic carbocycles. The number of carbonyl (C=O) groups excluding carboxylic acids is 1. The molecule has 1 aliphatic rings. The van der Waals surface area contributed by atoms with E-state index in [-0.39, 0.29) is 11.7 Å². The van der Waals surface area contributed by atoms with Crippen molar-refractivity contribution >= 4 is 46.2 Å². The predicted octanol–water partition coefficient (Wildman–Crippen LogP) is 6.26. The highest BCUT2D eigenvalue weighted by Crippen LogP contribution is 2.30. The third kappa shape index (κ3) is 5.54. The van der Waals surface area contributed by atoms with E-state index in [1.807, 2.05) is 37.3 Å². The molecular formula is C24H18ClFN2O2S. The van der Waals surface area contributed by atoms with Crippen LogP contribution in [0.5, 0.6) is 5.75 Å². The minimum Gasteiger partial charge on any atom is -0.489 e. The lowest BCUT2D eigenvalue weighted by Crippen LogP contribution is -2.19. The van der Waals surface area contributed by atoms with Crippen LogP contribution in [0.3, 0.4) is 0 Å². The number of amides is 1. The van der Waals surface area contributed by atoms with E-state index in [9.17, 15) is 9.18 Å². The van der Waals surface area contributed by atoms with Crippen LogP contribution in [0.25, 0.3) is 6.08 Å². The molecule has 0 spiro atoms. The van der Waals surface area contributed by atoms with Crippen LogP contribution in [0.2, 0.25) is 5.02 Å². The number of hydrogen-bond donors (Lipinski definition) is 1. The Labute approximate surface area is 188 Å². The number of aryl methyl sites for hydroxylation is 1. The number of nitrogens with one attached hydrogen (secondary N) is 1. The summed E-state index contributed by atoms with van der Waals surface area (Å²) in [6.07, 6.45) is 1.80. The summed E-state index contributed by atoms with van der Waals surface area (Å²) in [6, 6.07) is 19.1. The maximum Gasteiger partial charge on any atom is 0.264 e. The number of hydrogen-bond acceptors (Lipinski definition) is 4. The highest BCUT2D eigenvalue weighted by atomic mass is 35.5. The first-order valence-corrected chi connectivity index (χ1v) is 10.7. The maximum absolute atomic E-state index is 13.0. The minimum atomic E-state index is -0.272. The van der Waals surface area contributed by atoms with E-state index in [1.165, 1.54) is 23.9 Å². The molecule has 0 saturated carbocycles. The molecular weight excluding hydrogens is 435 g/mol. The van der Waals surface area contributed by atoms with Gasteiger partial charge < -0.3 is 10.1 Å². The van der Waals surface area contributed by atoms with E-state index in [0.717, 1.165) is 22.4 Å². The molecule has 0 atom stereocenters. The van der Waals surface area contributed by atoms with E-state index >= 15 is 0 Å². The molecule has 1 heterocycles. The van der Waals surface area contributed by atoms with Gasteiger partial charge in [-0.15, -0.1) is 0 Å². The van der Waals surface area contributed by atoms with E-state index < -0.39 is 0 Å². The molecule has 0 aromatic heterocycles. The number of nitrogens with zero attached hydrogens (tertiary/aromatic N) is 1. The lowest BCUT2D eigenvalue weighted by atomic mass is 10.2. The summed E-state index contributed by atoms with van der Waals surface area (Å²) < 4.78 is 18.7. The average molecular weight is 453 g/mol. The Hall–Kier alpha value is -3.09. The van der Waals surface area contributed by atoms with Crippen LogP contribution in [0.4, 0.5) is 10.1 Å². The largest absolute Gasteiger partial charge is 0.489 e. The molecule has 0 aliphatic carbocycles. The van der Waals surface area contributed by atoms with Crippen LogP contribution in [-0.4, -0.2) is 11.1 Å². The minimum absolute atomic E-state index is 0.194. The summed E-state index contributed by atoms with van der Waals surface area (Å²) in [7, 11) is 0. The summed E-state index contributed by atoms with van der Waals surface area (Å²) in [5, 5.41) is 3.89. The fourth-order valence-electron chi connectivity index (χ4n) is 2.85. The number of halogens is 2. The van der Waals surface area contributed by atoms with E-state index in [1.54, 1.807) is 30.3 Å². The third-order valence-electron chi connectivity index (χ3n) is 4.54. The van der Waals surface area contributed by atoms with Crippen molar-refractivity contribution in [2.24, 2.45) is 4.99 Å². The van der Waals surface area contributed by atoms with Crippen molar-refractivity contribution in [3.05, 3.63) is 99.2 Å². The monoisotopic (exact) mass is 452 g/mol. The number of ether oxygens (including phenoxy) is 1. The molecule has 0 unspecified atom stereocenters. The average Bonchev–Trinajstić information content (AvgIpc) is 3.10. The zero-order valence-corrected chi connectivity index (χ0v) is 18.1. The quantitative estimate of drug-likeness (QED) is 0.465. The highest BCUT2D eigenvalue weighted by molar-refractivity contribution is 8.18. The van der Waals surface area contributed by atoms with Crippen LogP contribution >= 0.6 is 23.4 Å². The van der Waals surface area contributed by atoms with Crippen LogP contribution < -0.4 is 10.1 Å². The number of carbonyl (C=O) groups is 1. The van der Waals surface area contributed by atoms with Crippen LogP contribution in [0.1, 0.15) is 16.7 Å². The molecule has 0 radical (unpaired) electrons. The topological polar surface area (TPSA) is 50.7 Å². The number of rotatable bonds is 5. The molecule has 4 rings (SSSR count). The van der Waals surface area contributed by atoms with E-state index in [0.29, 0.717) is 27.5 Å². The number of thioether (sulfide) groups is 1. The van der Waals surface area contributed by atoms with Crippen molar-refractivity contribution in [3.63, 3.8) is 0 Å². The Balaban J connectivity index is 1.42. The molecule has 31 heavy (non-hydrogen) atoms. The number of benzene rings is 3. The van der Waals surface area contributed by atoms with Crippen molar-refractivity contribution in [3.8, 4) is 5.75 Å². The molecule has 1 fully saturated rings. The lowest BCUT2D eigenvalue weighted by molar-refractivity contribution is -0.115. The van der Waals surface area contributed by atoms with Gasteiger partial charge in [-0.1, -0.05) is 41.9 Å². The van der Waals surface area contributed by atoms with E-state index in [4.69, 9.17) is 16.3 Å². The fraction of sp³-hybridized carbons (Fsp3) is 0.0833. The van der Waals surface area contributed by atoms with Crippen molar-refractivity contribution in [1.29, 1.82) is 0 Å². The van der Waals surface area contributed by atoms with Gasteiger partial charge in [0.25, 0.3) is 5.91 Å². The highest BCUT2D eigenvalue weighted by Gasteiger charge is 2.24. The smallest absolute Gasteiger partial charge is 0.264 e. The van der Waals surface area contributed by atoms with Crippen LogP contribution in [0.15, 0.2) is 76.6 Å². The first kappa shape index (κ1) is 21.2. The van der Waals surface area contributed by atoms with Gasteiger partial charge in [-0.3, -0.25) is 4.79 Å². The Bertz CT molecular complexity index is 1180. The second-order valence-corrected chi connectivity index (χ2v) is 8.36. The summed E-state index contributed by atoms with van der Waals surface area (Å²) >= 11 is 7.32. The molecule has 4 nitrogen and oxygen atoms in total. The maximum atomic E-state index is 13.0. The fourth-order valence-corrected chi connectivity index (χ4v) is 3.85. The van der Waals surface area contributed by atoms with Gasteiger partial charge in [-0.05, 0) is 77.9 Å². The SMILES string of the molecule is Cc1ccc(Cl)cc1N=C1NC(=O)/C(=C/c2ccc(OCc3ccc(F)cc3)cc2)S1. The Morgan fingerprint density at radius 3 is 2.58 bits per heavy atom. The van der Waals surface area contributed by atoms with Gasteiger partial charge in [0.05, 0.1) is 10.6 Å². The summed E-state index contributed by atoms with van der Waals surface area (Å²) in [5.74, 6) is 0.222. The van der Waals surface area contributed by atoms with Crippen molar-refractivity contribution in [2.45, 2.75) is 13.5 Å². The Morgan fingerprint density at radius 1 is 1.10 bits per heavy atom. The first-order chi connectivity index (χ1) is 15.0. The summed E-state index contributed by atoms with van der Waals surface area (Å²) in [5.41, 5.74) is 3.44. The third-order valence-corrected chi connectivity index (χ3v) is 5.69. The summed E-state index contributed by atoms with van der Waals surface area (Å²) in [6.45, 7) is 2.29. The molecule has 1 aliphatic heterocycles. The zero-order chi connectivity index (χ0) is 21.8. The number of aliphatic imine (C=N–C) groups is 1. The molecule has 3 aromatic rings. The van der Waals surface area contributed by atoms with Crippen molar-refractivity contribution in [2.75, 3.05) is 0 Å². The number of amidine groups is 1. The molecule has 0 bridgehead atoms. The van der Waals surface area contributed by atoms with E-state index in [2.05, 4.69) is 10.3 Å². The van der Waals surface area contributed by atoms with Gasteiger partial charge >= 0.3 is 0 Å². The van der Waals surface area contributed by atoms with Gasteiger partial charge in [0.15, 0.2) is 5.17 Å². The second kappa shape index (κ2) is 9.37. The Morgan fingerprint density at radius 2 is 1.84 bits per heavy atom. The molecule has 1 saturated heterocycles. The molecule has 7 heteroatoms. The predicted molar refractivity (Wildman–Crippen MR) is 124 cm³/mol. The molecule has 1 N–H and O–H groups in total. The second-order valence-electron chi connectivity index (χ2n) is 6.90. The molecule has 1 amide bonds. The Kier molecular flexibility index (Phi) is 6.39. The van der Waals surface area contributed by atoms with Crippen molar-refractivity contribution in [1.82, 2.24) is 5.32 Å². The lowest BCUT2D eigenvalue weighted by Gasteiger charge is -2.06. The van der Waals surface area contributed by atoms with Gasteiger partial charge in [0.2, 0.25) is 0 Å². The van der Waals surface area contributed by atoms with Gasteiger partial charge in [-0.2, -0.15) is 0 Å². The van der Waals surface area contributed by atoms with Crippen molar-refractivity contribution < 1.29 is 13.9 Å². The van der Waals surface area contributed by atoms with Gasteiger partial charge in [0, 0.05) is 5.02 Å². The first-order valence-electron chi connectivity index (χ1n) is 9.49. The summed E-state index contributed by atoms with van der Waals surface area (Å²) in [4.78, 5) is 17.4.